The van der Waals surface area contributed by atoms with Gasteiger partial charge < -0.3 is 10.1 Å². The zero-order valence-corrected chi connectivity index (χ0v) is 13.9. The molecule has 0 aromatic heterocycles. The number of nitrogens with one attached hydrogen (secondary N) is 1. The number of ether oxygens (including phenoxy) is 1. The van der Waals surface area contributed by atoms with Gasteiger partial charge in [-0.2, -0.15) is 0 Å². The molecule has 2 rings (SSSR count). The highest BCUT2D eigenvalue weighted by atomic mass is 79.9. The smallest absolute Gasteiger partial charge is 0.257 e. The molecule has 0 atom stereocenters. The van der Waals surface area contributed by atoms with Gasteiger partial charge in [0.1, 0.15) is 11.6 Å². The summed E-state index contributed by atoms with van der Waals surface area (Å²) in [4.78, 5) is 12.2. The van der Waals surface area contributed by atoms with Crippen LogP contribution in [0.5, 0.6) is 5.75 Å². The summed E-state index contributed by atoms with van der Waals surface area (Å²) in [5.41, 5.74) is 0.140. The Morgan fingerprint density at radius 1 is 1.14 bits per heavy atom. The van der Waals surface area contributed by atoms with E-state index in [4.69, 9.17) is 4.74 Å². The van der Waals surface area contributed by atoms with Crippen LogP contribution in [-0.2, 0) is 0 Å². The maximum Gasteiger partial charge on any atom is 0.257 e. The van der Waals surface area contributed by atoms with Crippen LogP contribution in [0.3, 0.4) is 0 Å². The van der Waals surface area contributed by atoms with Crippen molar-refractivity contribution in [3.05, 3.63) is 56.5 Å². The van der Waals surface area contributed by atoms with Gasteiger partial charge in [0.2, 0.25) is 0 Å². The molecule has 0 unspecified atom stereocenters. The number of anilines is 1. The first-order chi connectivity index (χ1) is 9.92. The molecule has 0 spiro atoms. The maximum atomic E-state index is 13.7. The molecular weight excluding hydrogens is 412 g/mol. The van der Waals surface area contributed by atoms with Gasteiger partial charge in [0.05, 0.1) is 18.4 Å². The fourth-order valence-corrected chi connectivity index (χ4v) is 2.58. The van der Waals surface area contributed by atoms with Gasteiger partial charge in [-0.3, -0.25) is 4.79 Å². The van der Waals surface area contributed by atoms with Crippen LogP contribution < -0.4 is 10.1 Å². The highest BCUT2D eigenvalue weighted by Gasteiger charge is 2.16. The molecular formula is C14H9Br2F2NO2. The highest BCUT2D eigenvalue weighted by molar-refractivity contribution is 9.11. The largest absolute Gasteiger partial charge is 0.497 e. The van der Waals surface area contributed by atoms with E-state index < -0.39 is 17.5 Å². The van der Waals surface area contributed by atoms with E-state index in [0.29, 0.717) is 16.3 Å². The predicted octanol–water partition coefficient (Wildman–Crippen LogP) is 4.75. The summed E-state index contributed by atoms with van der Waals surface area (Å²) in [6.45, 7) is 0. The van der Waals surface area contributed by atoms with E-state index in [1.54, 1.807) is 12.1 Å². The Morgan fingerprint density at radius 3 is 2.48 bits per heavy atom. The van der Waals surface area contributed by atoms with Crippen LogP contribution in [0.2, 0.25) is 0 Å². The minimum absolute atomic E-state index is 0.118. The van der Waals surface area contributed by atoms with Gasteiger partial charge >= 0.3 is 0 Å². The first kappa shape index (κ1) is 15.9. The third-order valence-corrected chi connectivity index (χ3v) is 3.98. The molecule has 0 aliphatic carbocycles. The molecule has 0 fully saturated rings. The van der Waals surface area contributed by atoms with Crippen molar-refractivity contribution < 1.29 is 18.3 Å². The van der Waals surface area contributed by atoms with Crippen molar-refractivity contribution in [1.82, 2.24) is 0 Å². The average molecular weight is 421 g/mol. The zero-order chi connectivity index (χ0) is 15.6. The lowest BCUT2D eigenvalue weighted by Crippen LogP contribution is -2.14. The Kier molecular flexibility index (Phi) is 4.95. The molecule has 0 radical (unpaired) electrons. The molecule has 110 valence electrons. The third-order valence-electron chi connectivity index (χ3n) is 2.66. The first-order valence-corrected chi connectivity index (χ1v) is 7.30. The average Bonchev–Trinajstić information content (AvgIpc) is 2.43. The van der Waals surface area contributed by atoms with E-state index in [0.717, 1.165) is 6.07 Å². The normalized spacial score (nSPS) is 10.3. The maximum absolute atomic E-state index is 13.7. The van der Waals surface area contributed by atoms with Crippen LogP contribution in [-0.4, -0.2) is 13.0 Å². The summed E-state index contributed by atoms with van der Waals surface area (Å²) >= 11 is 6.25. The quantitative estimate of drug-likeness (QED) is 0.777. The Bertz CT molecular complexity index is 684. The number of amides is 1. The number of hydrogen-bond acceptors (Lipinski definition) is 2. The van der Waals surface area contributed by atoms with E-state index in [1.165, 1.54) is 13.2 Å². The van der Waals surface area contributed by atoms with E-state index >= 15 is 0 Å². The molecule has 2 aromatic rings. The predicted molar refractivity (Wildman–Crippen MR) is 82.7 cm³/mol. The minimum atomic E-state index is -0.866. The van der Waals surface area contributed by atoms with E-state index in [2.05, 4.69) is 37.2 Å². The van der Waals surface area contributed by atoms with Crippen LogP contribution in [0, 0.1) is 11.6 Å². The van der Waals surface area contributed by atoms with Gasteiger partial charge in [-0.15, -0.1) is 0 Å². The summed E-state index contributed by atoms with van der Waals surface area (Å²) < 4.78 is 32.4. The number of benzene rings is 2. The molecule has 2 aromatic carbocycles. The molecule has 0 aliphatic heterocycles. The Labute approximate surface area is 136 Å². The summed E-state index contributed by atoms with van der Waals surface area (Å²) in [5, 5.41) is 2.40. The highest BCUT2D eigenvalue weighted by Crippen LogP contribution is 2.29. The molecule has 3 nitrogen and oxygen atoms in total. The minimum Gasteiger partial charge on any atom is -0.497 e. The lowest BCUT2D eigenvalue weighted by Gasteiger charge is -2.11. The number of carbonyl (C=O) groups is 1. The van der Waals surface area contributed by atoms with Crippen LogP contribution in [0.25, 0.3) is 0 Å². The van der Waals surface area contributed by atoms with Crippen molar-refractivity contribution in [2.45, 2.75) is 0 Å². The van der Waals surface area contributed by atoms with Gasteiger partial charge in [-0.05, 0) is 56.1 Å². The Hall–Kier alpha value is -1.47. The van der Waals surface area contributed by atoms with E-state index in [1.807, 2.05) is 0 Å². The number of hydrogen-bond donors (Lipinski definition) is 1. The molecule has 0 aliphatic rings. The second-order valence-electron chi connectivity index (χ2n) is 4.04. The fourth-order valence-electron chi connectivity index (χ4n) is 1.65. The zero-order valence-electron chi connectivity index (χ0n) is 10.7. The van der Waals surface area contributed by atoms with Gasteiger partial charge in [0, 0.05) is 15.0 Å². The fraction of sp³-hybridized carbons (Fsp3) is 0.0714. The van der Waals surface area contributed by atoms with Crippen molar-refractivity contribution >= 4 is 43.5 Å². The van der Waals surface area contributed by atoms with Crippen LogP contribution in [0.4, 0.5) is 14.5 Å². The third kappa shape index (κ3) is 3.59. The Morgan fingerprint density at radius 2 is 1.86 bits per heavy atom. The topological polar surface area (TPSA) is 38.3 Å². The summed E-state index contributed by atoms with van der Waals surface area (Å²) in [5.74, 6) is -1.66. The molecule has 0 saturated carbocycles. The van der Waals surface area contributed by atoms with Gasteiger partial charge in [-0.1, -0.05) is 0 Å². The first-order valence-electron chi connectivity index (χ1n) is 5.72. The van der Waals surface area contributed by atoms with Crippen molar-refractivity contribution in [2.75, 3.05) is 12.4 Å². The SMILES string of the molecule is COc1ccc(Br)c(C(=O)Nc2c(F)cc(F)cc2Br)c1. The van der Waals surface area contributed by atoms with Crippen molar-refractivity contribution in [3.8, 4) is 5.75 Å². The molecule has 0 bridgehead atoms. The van der Waals surface area contributed by atoms with Crippen molar-refractivity contribution in [1.29, 1.82) is 0 Å². The number of halogens is 4. The summed E-state index contributed by atoms with van der Waals surface area (Å²) in [7, 11) is 1.47. The van der Waals surface area contributed by atoms with Crippen LogP contribution in [0.15, 0.2) is 39.3 Å². The molecule has 0 saturated heterocycles. The lowest BCUT2D eigenvalue weighted by molar-refractivity contribution is 0.102. The number of methoxy groups -OCH3 is 1. The lowest BCUT2D eigenvalue weighted by atomic mass is 10.2. The molecule has 0 heterocycles. The van der Waals surface area contributed by atoms with E-state index in [-0.39, 0.29) is 15.7 Å². The van der Waals surface area contributed by atoms with Crippen molar-refractivity contribution in [2.24, 2.45) is 0 Å². The summed E-state index contributed by atoms with van der Waals surface area (Å²) in [6.07, 6.45) is 0. The molecule has 21 heavy (non-hydrogen) atoms. The molecule has 7 heteroatoms. The second kappa shape index (κ2) is 6.53. The standard InChI is InChI=1S/C14H9Br2F2NO2/c1-21-8-2-3-10(15)9(6-8)14(20)19-13-11(16)4-7(17)5-12(13)18/h2-6H,1H3,(H,19,20). The second-order valence-corrected chi connectivity index (χ2v) is 5.75. The monoisotopic (exact) mass is 419 g/mol. The van der Waals surface area contributed by atoms with Crippen molar-refractivity contribution in [3.63, 3.8) is 0 Å². The number of rotatable bonds is 3. The summed E-state index contributed by atoms with van der Waals surface area (Å²) in [6, 6.07) is 6.59. The van der Waals surface area contributed by atoms with Crippen LogP contribution >= 0.6 is 31.9 Å². The van der Waals surface area contributed by atoms with Gasteiger partial charge in [0.25, 0.3) is 5.91 Å². The van der Waals surface area contributed by atoms with Crippen LogP contribution in [0.1, 0.15) is 10.4 Å². The number of carbonyl (C=O) groups excluding carboxylic acids is 1. The molecule has 1 amide bonds. The molecule has 1 N–H and O–H groups in total. The van der Waals surface area contributed by atoms with Gasteiger partial charge in [0.15, 0.2) is 5.82 Å². The Balaban J connectivity index is 2.35. The van der Waals surface area contributed by atoms with E-state index in [9.17, 15) is 13.6 Å². The van der Waals surface area contributed by atoms with Gasteiger partial charge in [-0.25, -0.2) is 8.78 Å².